The van der Waals surface area contributed by atoms with Crippen molar-refractivity contribution in [2.45, 2.75) is 51.2 Å². The molecule has 8 nitrogen and oxygen atoms in total. The van der Waals surface area contributed by atoms with Crippen LogP contribution in [0.1, 0.15) is 31.4 Å². The van der Waals surface area contributed by atoms with Gasteiger partial charge in [-0.1, -0.05) is 35.9 Å². The van der Waals surface area contributed by atoms with Crippen LogP contribution in [0.4, 0.5) is 5.69 Å². The number of piperazine rings is 1. The molecule has 2 heterocycles. The highest BCUT2D eigenvalue weighted by Gasteiger charge is 2.42. The third kappa shape index (κ3) is 7.38. The number of aliphatic hydroxyl groups is 1. The van der Waals surface area contributed by atoms with Crippen LogP contribution in [0, 0.1) is 18.3 Å². The summed E-state index contributed by atoms with van der Waals surface area (Å²) in [5, 5.41) is 21.4. The molecule has 1 unspecified atom stereocenters. The number of nitrogens with two attached hydrogens (primary N) is 1. The van der Waals surface area contributed by atoms with Crippen molar-refractivity contribution < 1.29 is 14.6 Å². The highest BCUT2D eigenvalue weighted by atomic mass is 35.5. The average Bonchev–Trinajstić information content (AvgIpc) is 2.89. The van der Waals surface area contributed by atoms with Gasteiger partial charge in [-0.2, -0.15) is 5.26 Å². The number of nitriles is 1. The average molecular weight is 563 g/mol. The topological polar surface area (TPSA) is 107 Å². The number of anilines is 1. The number of aliphatic hydroxyl groups excluding tert-OH is 1. The molecule has 1 aromatic carbocycles. The van der Waals surface area contributed by atoms with E-state index in [0.29, 0.717) is 47.8 Å². The number of halogens is 2. The summed E-state index contributed by atoms with van der Waals surface area (Å²) < 4.78 is 11.7. The minimum absolute atomic E-state index is 0.191. The maximum absolute atomic E-state index is 11.3. The summed E-state index contributed by atoms with van der Waals surface area (Å²) in [6.07, 6.45) is 6.77. The molecule has 3 N–H and O–H groups in total. The molecule has 0 aliphatic carbocycles. The number of aliphatic imine (C=N–C) groups is 1. The Labute approximate surface area is 235 Å². The number of rotatable bonds is 11. The zero-order chi connectivity index (χ0) is 27.9. The van der Waals surface area contributed by atoms with Crippen LogP contribution in [0.3, 0.4) is 0 Å². The summed E-state index contributed by atoms with van der Waals surface area (Å²) >= 11 is 12.2. The molecule has 2 aliphatic rings. The number of nitrogens with zero attached hydrogens (tertiary/aromatic N) is 4. The number of benzene rings is 1. The maximum atomic E-state index is 11.3. The van der Waals surface area contributed by atoms with Crippen molar-refractivity contribution in [3.05, 3.63) is 64.9 Å². The van der Waals surface area contributed by atoms with E-state index in [1.54, 1.807) is 18.2 Å². The second kappa shape index (κ2) is 13.6. The van der Waals surface area contributed by atoms with Crippen LogP contribution in [0.25, 0.3) is 0 Å². The van der Waals surface area contributed by atoms with Crippen molar-refractivity contribution in [3.63, 3.8) is 0 Å². The first kappa shape index (κ1) is 30.2. The first-order valence-electron chi connectivity index (χ1n) is 12.7. The fourth-order valence-electron chi connectivity index (χ4n) is 4.60. The molecular weight excluding hydrogens is 525 g/mol. The van der Waals surface area contributed by atoms with Crippen LogP contribution < -0.4 is 10.6 Å². The van der Waals surface area contributed by atoms with Gasteiger partial charge >= 0.3 is 0 Å². The Morgan fingerprint density at radius 2 is 2.16 bits per heavy atom. The quantitative estimate of drug-likeness (QED) is 0.237. The standard InChI is InChI=1S/C28H37Cl2N5O3/c1-19(38-23-9-11-25(29)33-18-23)6-8-22(17-32)37-15-5-12-34-13-14-35(27(36)28(34,3)4)24-10-7-21(16-31)26(30)20(24)2/h6-11,22-23,27,36H,1,5,12-15,17-18,32H2,2-4H3/b8-6-/t22-,23-,27?/m0/s1. The summed E-state index contributed by atoms with van der Waals surface area (Å²) in [5.74, 6) is 0.502. The molecule has 0 spiro atoms. The maximum Gasteiger partial charge on any atom is 0.145 e. The van der Waals surface area contributed by atoms with Crippen LogP contribution in [-0.2, 0) is 9.47 Å². The lowest BCUT2D eigenvalue weighted by Gasteiger charge is -2.52. The predicted molar refractivity (Wildman–Crippen MR) is 154 cm³/mol. The van der Waals surface area contributed by atoms with Crippen LogP contribution in [-0.4, -0.2) is 78.5 Å². The van der Waals surface area contributed by atoms with Gasteiger partial charge in [0, 0.05) is 38.5 Å². The van der Waals surface area contributed by atoms with Crippen molar-refractivity contribution in [2.75, 3.05) is 44.2 Å². The first-order chi connectivity index (χ1) is 18.1. The Bertz CT molecular complexity index is 1130. The van der Waals surface area contributed by atoms with Gasteiger partial charge < -0.3 is 25.2 Å². The zero-order valence-corrected chi connectivity index (χ0v) is 23.8. The van der Waals surface area contributed by atoms with Crippen molar-refractivity contribution in [3.8, 4) is 6.07 Å². The second-order valence-electron chi connectivity index (χ2n) is 9.89. The van der Waals surface area contributed by atoms with Crippen LogP contribution in [0.2, 0.25) is 5.02 Å². The minimum Gasteiger partial charge on any atom is -0.485 e. The van der Waals surface area contributed by atoms with E-state index in [2.05, 4.69) is 22.5 Å². The lowest BCUT2D eigenvalue weighted by Crippen LogP contribution is -2.66. The smallest absolute Gasteiger partial charge is 0.145 e. The molecular formula is C28H37Cl2N5O3. The van der Waals surface area contributed by atoms with E-state index in [1.807, 2.05) is 43.9 Å². The van der Waals surface area contributed by atoms with Gasteiger partial charge in [-0.25, -0.2) is 0 Å². The van der Waals surface area contributed by atoms with E-state index < -0.39 is 11.8 Å². The Hall–Kier alpha value is -2.38. The van der Waals surface area contributed by atoms with E-state index >= 15 is 0 Å². The van der Waals surface area contributed by atoms with E-state index in [0.717, 1.165) is 30.8 Å². The molecule has 0 aromatic heterocycles. The summed E-state index contributed by atoms with van der Waals surface area (Å²) in [6.45, 7) is 13.3. The van der Waals surface area contributed by atoms with Crippen LogP contribution in [0.15, 0.2) is 53.8 Å². The Balaban J connectivity index is 1.48. The SMILES string of the molecule is C=C(/C=C\[C@@H](CN)OCCCN1CCN(c2ccc(C#N)c(Cl)c2C)C(O)C1(C)C)O[C@H]1C=CC(Cl)=NC1. The Kier molecular flexibility index (Phi) is 10.8. The summed E-state index contributed by atoms with van der Waals surface area (Å²) in [6, 6.07) is 5.67. The lowest BCUT2D eigenvalue weighted by molar-refractivity contribution is -0.0388. The lowest BCUT2D eigenvalue weighted by atomic mass is 9.94. The van der Waals surface area contributed by atoms with Gasteiger partial charge in [0.05, 0.1) is 28.8 Å². The highest BCUT2D eigenvalue weighted by Crippen LogP contribution is 2.35. The molecule has 3 rings (SSSR count). The van der Waals surface area contributed by atoms with Gasteiger partial charge in [0.15, 0.2) is 0 Å². The molecule has 0 amide bonds. The number of dihydropyridines is 1. The number of hydrogen-bond acceptors (Lipinski definition) is 8. The largest absolute Gasteiger partial charge is 0.485 e. The van der Waals surface area contributed by atoms with Gasteiger partial charge in [-0.3, -0.25) is 9.89 Å². The molecule has 0 bridgehead atoms. The highest BCUT2D eigenvalue weighted by molar-refractivity contribution is 6.68. The third-order valence-corrected chi connectivity index (χ3v) is 7.68. The number of ether oxygens (including phenoxy) is 2. The summed E-state index contributed by atoms with van der Waals surface area (Å²) in [4.78, 5) is 8.37. The molecule has 2 aliphatic heterocycles. The molecule has 10 heteroatoms. The molecule has 3 atom stereocenters. The zero-order valence-electron chi connectivity index (χ0n) is 22.2. The molecule has 1 fully saturated rings. The fourth-order valence-corrected chi connectivity index (χ4v) is 4.95. The monoisotopic (exact) mass is 561 g/mol. The molecule has 1 saturated heterocycles. The van der Waals surface area contributed by atoms with Gasteiger partial charge in [-0.15, -0.1) is 0 Å². The van der Waals surface area contributed by atoms with Gasteiger partial charge in [0.1, 0.15) is 29.3 Å². The van der Waals surface area contributed by atoms with E-state index in [1.165, 1.54) is 0 Å². The molecule has 38 heavy (non-hydrogen) atoms. The summed E-state index contributed by atoms with van der Waals surface area (Å²) in [5.41, 5.74) is 7.46. The molecule has 206 valence electrons. The van der Waals surface area contributed by atoms with E-state index in [4.69, 9.17) is 38.4 Å². The predicted octanol–water partition coefficient (Wildman–Crippen LogP) is 4.14. The van der Waals surface area contributed by atoms with Gasteiger partial charge in [0.25, 0.3) is 0 Å². The Morgan fingerprint density at radius 1 is 1.39 bits per heavy atom. The van der Waals surface area contributed by atoms with Crippen LogP contribution in [0.5, 0.6) is 0 Å². The van der Waals surface area contributed by atoms with Gasteiger partial charge in [-0.05, 0) is 63.1 Å². The van der Waals surface area contributed by atoms with Crippen LogP contribution >= 0.6 is 23.2 Å². The minimum atomic E-state index is -0.744. The molecule has 0 saturated carbocycles. The van der Waals surface area contributed by atoms with Gasteiger partial charge in [0.2, 0.25) is 0 Å². The Morgan fingerprint density at radius 3 is 2.82 bits per heavy atom. The number of allylic oxidation sites excluding steroid dienone is 2. The van der Waals surface area contributed by atoms with E-state index in [-0.39, 0.29) is 12.2 Å². The summed E-state index contributed by atoms with van der Waals surface area (Å²) in [7, 11) is 0. The number of hydrogen-bond donors (Lipinski definition) is 2. The van der Waals surface area contributed by atoms with Crippen molar-refractivity contribution in [2.24, 2.45) is 10.7 Å². The second-order valence-corrected chi connectivity index (χ2v) is 10.7. The van der Waals surface area contributed by atoms with E-state index in [9.17, 15) is 10.4 Å². The molecule has 0 radical (unpaired) electrons. The first-order valence-corrected chi connectivity index (χ1v) is 13.5. The van der Waals surface area contributed by atoms with Crippen molar-refractivity contribution >= 4 is 34.1 Å². The normalized spacial score (nSPS) is 22.3. The molecule has 1 aromatic rings. The third-order valence-electron chi connectivity index (χ3n) is 6.95. The fraction of sp³-hybridized carbons (Fsp3) is 0.500. The van der Waals surface area contributed by atoms with Crippen molar-refractivity contribution in [1.82, 2.24) is 4.90 Å². The van der Waals surface area contributed by atoms with Crippen molar-refractivity contribution in [1.29, 1.82) is 5.26 Å².